The molecule has 0 atom stereocenters. The van der Waals surface area contributed by atoms with Crippen molar-refractivity contribution in [2.75, 3.05) is 31.6 Å². The van der Waals surface area contributed by atoms with Gasteiger partial charge in [0.1, 0.15) is 5.82 Å². The molecule has 0 radical (unpaired) electrons. The van der Waals surface area contributed by atoms with Crippen molar-refractivity contribution in [1.82, 2.24) is 20.2 Å². The molecule has 0 unspecified atom stereocenters. The first-order chi connectivity index (χ1) is 13.7. The number of amides is 1. The molecule has 3 heterocycles. The second kappa shape index (κ2) is 11.6. The first-order valence-corrected chi connectivity index (χ1v) is 9.71. The Hall–Kier alpha value is -2.30. The van der Waals surface area contributed by atoms with Crippen LogP contribution in [0.3, 0.4) is 0 Å². The van der Waals surface area contributed by atoms with Crippen LogP contribution in [0.2, 0.25) is 0 Å². The zero-order chi connectivity index (χ0) is 19.8. The van der Waals surface area contributed by atoms with Gasteiger partial charge >= 0.3 is 0 Å². The molecule has 1 aliphatic heterocycles. The lowest BCUT2D eigenvalue weighted by Gasteiger charge is -2.32. The van der Waals surface area contributed by atoms with E-state index in [0.717, 1.165) is 56.4 Å². The molecule has 0 bridgehead atoms. The van der Waals surface area contributed by atoms with Gasteiger partial charge in [-0.2, -0.15) is 0 Å². The summed E-state index contributed by atoms with van der Waals surface area (Å²) in [6.07, 6.45) is 7.45. The van der Waals surface area contributed by atoms with E-state index < -0.39 is 0 Å². The van der Waals surface area contributed by atoms with Gasteiger partial charge in [-0.3, -0.25) is 9.79 Å². The zero-order valence-corrected chi connectivity index (χ0v) is 19.1. The summed E-state index contributed by atoms with van der Waals surface area (Å²) in [6.45, 7) is 3.88. The van der Waals surface area contributed by atoms with Crippen LogP contribution in [0.15, 0.2) is 47.8 Å². The molecule has 1 amide bonds. The van der Waals surface area contributed by atoms with Crippen molar-refractivity contribution in [2.45, 2.75) is 25.9 Å². The number of pyridine rings is 1. The van der Waals surface area contributed by atoms with Crippen molar-refractivity contribution in [1.29, 1.82) is 0 Å². The van der Waals surface area contributed by atoms with E-state index in [1.54, 1.807) is 7.05 Å². The van der Waals surface area contributed by atoms with Crippen molar-refractivity contribution < 1.29 is 4.79 Å². The molecule has 4 N–H and O–H groups in total. The van der Waals surface area contributed by atoms with Gasteiger partial charge in [-0.1, -0.05) is 6.07 Å². The van der Waals surface area contributed by atoms with E-state index in [4.69, 9.17) is 5.73 Å². The Kier molecular flexibility index (Phi) is 9.23. The van der Waals surface area contributed by atoms with E-state index in [1.165, 1.54) is 0 Å². The van der Waals surface area contributed by atoms with Crippen molar-refractivity contribution in [3.8, 4) is 0 Å². The fourth-order valence-electron chi connectivity index (χ4n) is 3.45. The number of nitrogens with one attached hydrogen (secondary N) is 2. The van der Waals surface area contributed by atoms with Gasteiger partial charge in [-0.05, 0) is 31.0 Å². The number of carbonyl (C=O) groups is 1. The Labute approximate surface area is 189 Å². The molecular weight excluding hydrogens is 481 g/mol. The largest absolute Gasteiger partial charge is 0.369 e. The molecule has 0 spiro atoms. The average molecular weight is 511 g/mol. The number of aromatic nitrogens is 2. The van der Waals surface area contributed by atoms with Crippen LogP contribution in [-0.2, 0) is 17.9 Å². The highest BCUT2D eigenvalue weighted by molar-refractivity contribution is 14.0. The fourth-order valence-corrected chi connectivity index (χ4v) is 3.45. The highest BCUT2D eigenvalue weighted by atomic mass is 127. The van der Waals surface area contributed by atoms with Crippen LogP contribution in [0.1, 0.15) is 18.4 Å². The molecule has 0 aromatic carbocycles. The zero-order valence-electron chi connectivity index (χ0n) is 16.8. The Morgan fingerprint density at radius 2 is 1.97 bits per heavy atom. The minimum Gasteiger partial charge on any atom is -0.369 e. The molecule has 3 rings (SSSR count). The third-order valence-electron chi connectivity index (χ3n) is 5.06. The van der Waals surface area contributed by atoms with Crippen molar-refractivity contribution >= 4 is 41.7 Å². The Morgan fingerprint density at radius 3 is 2.62 bits per heavy atom. The van der Waals surface area contributed by atoms with Gasteiger partial charge in [-0.15, -0.1) is 24.0 Å². The summed E-state index contributed by atoms with van der Waals surface area (Å²) < 4.78 is 2.12. The van der Waals surface area contributed by atoms with E-state index >= 15 is 0 Å². The van der Waals surface area contributed by atoms with Crippen molar-refractivity contribution in [2.24, 2.45) is 16.6 Å². The lowest BCUT2D eigenvalue weighted by Crippen LogP contribution is -2.40. The van der Waals surface area contributed by atoms with E-state index in [2.05, 4.69) is 36.1 Å². The van der Waals surface area contributed by atoms with E-state index in [9.17, 15) is 4.79 Å². The number of piperidine rings is 1. The number of anilines is 1. The van der Waals surface area contributed by atoms with Gasteiger partial charge in [0.25, 0.3) is 0 Å². The summed E-state index contributed by atoms with van der Waals surface area (Å²) in [5.74, 6) is 1.50. The molecule has 2 aromatic rings. The molecule has 9 heteroatoms. The maximum absolute atomic E-state index is 11.4. The highest BCUT2D eigenvalue weighted by Gasteiger charge is 2.24. The topological polar surface area (TPSA) is 101 Å². The van der Waals surface area contributed by atoms with Gasteiger partial charge in [0.2, 0.25) is 5.91 Å². The molecule has 2 aromatic heterocycles. The third kappa shape index (κ3) is 6.62. The standard InChI is InChI=1S/C20H29N7O.HI/c1-22-20(24-9-14-26-10-2-3-11-26)25-15-17-5-4-8-23-19(17)27-12-6-16(7-13-27)18(21)28;/h2-5,8,10-11,16H,6-7,9,12-15H2,1H3,(H2,21,28)(H2,22,24,25);1H. The van der Waals surface area contributed by atoms with E-state index in [0.29, 0.717) is 6.54 Å². The number of nitrogens with zero attached hydrogens (tertiary/aromatic N) is 4. The number of carbonyl (C=O) groups excluding carboxylic acids is 1. The Bertz CT molecular complexity index is 786. The lowest BCUT2D eigenvalue weighted by molar-refractivity contribution is -0.122. The monoisotopic (exact) mass is 511 g/mol. The van der Waals surface area contributed by atoms with E-state index in [1.807, 2.05) is 36.8 Å². The summed E-state index contributed by atoms with van der Waals surface area (Å²) >= 11 is 0. The van der Waals surface area contributed by atoms with Gasteiger partial charge < -0.3 is 25.8 Å². The Morgan fingerprint density at radius 1 is 1.24 bits per heavy atom. The van der Waals surface area contributed by atoms with Crippen LogP contribution in [0.4, 0.5) is 5.82 Å². The number of nitrogens with two attached hydrogens (primary N) is 1. The molecule has 1 aliphatic rings. The normalized spacial score (nSPS) is 14.9. The molecule has 0 saturated carbocycles. The first-order valence-electron chi connectivity index (χ1n) is 9.71. The molecule has 0 aliphatic carbocycles. The second-order valence-electron chi connectivity index (χ2n) is 6.92. The molecule has 1 saturated heterocycles. The predicted molar refractivity (Wildman–Crippen MR) is 126 cm³/mol. The maximum atomic E-state index is 11.4. The SMILES string of the molecule is CN=C(NCCn1cccc1)NCc1cccnc1N1CCC(C(N)=O)CC1.I. The summed E-state index contributed by atoms with van der Waals surface area (Å²) in [6, 6.07) is 8.05. The summed E-state index contributed by atoms with van der Waals surface area (Å²) in [7, 11) is 1.77. The predicted octanol–water partition coefficient (Wildman–Crippen LogP) is 1.57. The van der Waals surface area contributed by atoms with Gasteiger partial charge in [-0.25, -0.2) is 4.98 Å². The van der Waals surface area contributed by atoms with Gasteiger partial charge in [0.05, 0.1) is 0 Å². The summed E-state index contributed by atoms with van der Waals surface area (Å²) in [4.78, 5) is 22.5. The fraction of sp³-hybridized carbons (Fsp3) is 0.450. The van der Waals surface area contributed by atoms with Gasteiger partial charge in [0.15, 0.2) is 5.96 Å². The molecule has 1 fully saturated rings. The lowest BCUT2D eigenvalue weighted by atomic mass is 9.96. The molecule has 29 heavy (non-hydrogen) atoms. The summed E-state index contributed by atoms with van der Waals surface area (Å²) in [5, 5.41) is 6.69. The average Bonchev–Trinajstić information content (AvgIpc) is 3.24. The number of hydrogen-bond donors (Lipinski definition) is 3. The van der Waals surface area contributed by atoms with Crippen LogP contribution >= 0.6 is 24.0 Å². The Balaban J connectivity index is 0.00000300. The highest BCUT2D eigenvalue weighted by Crippen LogP contribution is 2.24. The molecule has 8 nitrogen and oxygen atoms in total. The molecular formula is C20H30IN7O. The van der Waals surface area contributed by atoms with Crippen LogP contribution in [-0.4, -0.2) is 48.1 Å². The van der Waals surface area contributed by atoms with Crippen LogP contribution in [0.5, 0.6) is 0 Å². The van der Waals surface area contributed by atoms with Crippen LogP contribution in [0.25, 0.3) is 0 Å². The minimum atomic E-state index is -0.197. The number of aliphatic imine (C=N–C) groups is 1. The first kappa shape index (κ1) is 23.0. The van der Waals surface area contributed by atoms with Crippen LogP contribution in [0, 0.1) is 5.92 Å². The maximum Gasteiger partial charge on any atom is 0.220 e. The quantitative estimate of drug-likeness (QED) is 0.298. The summed E-state index contributed by atoms with van der Waals surface area (Å²) in [5.41, 5.74) is 6.55. The number of primary amides is 1. The number of hydrogen-bond acceptors (Lipinski definition) is 4. The van der Waals surface area contributed by atoms with Crippen molar-refractivity contribution in [3.05, 3.63) is 48.4 Å². The smallest absolute Gasteiger partial charge is 0.220 e. The minimum absolute atomic E-state index is 0. The number of halogens is 1. The van der Waals surface area contributed by atoms with Crippen LogP contribution < -0.4 is 21.3 Å². The van der Waals surface area contributed by atoms with Crippen molar-refractivity contribution in [3.63, 3.8) is 0 Å². The second-order valence-corrected chi connectivity index (χ2v) is 6.92. The van der Waals surface area contributed by atoms with Gasteiger partial charge in [0, 0.05) is 69.8 Å². The number of guanidine groups is 1. The third-order valence-corrected chi connectivity index (χ3v) is 5.06. The van der Waals surface area contributed by atoms with E-state index in [-0.39, 0.29) is 35.8 Å². The molecule has 158 valence electrons. The number of rotatable bonds is 7.